The molecule has 2 aromatic rings. The molecule has 0 aliphatic heterocycles. The molecule has 84 valence electrons. The second-order valence-corrected chi connectivity index (χ2v) is 4.68. The van der Waals surface area contributed by atoms with Crippen LogP contribution in [0.2, 0.25) is 0 Å². The van der Waals surface area contributed by atoms with Gasteiger partial charge in [0, 0.05) is 11.5 Å². The first-order valence-corrected chi connectivity index (χ1v) is 5.75. The van der Waals surface area contributed by atoms with Crippen molar-refractivity contribution in [2.75, 3.05) is 0 Å². The van der Waals surface area contributed by atoms with Crippen molar-refractivity contribution in [2.45, 2.75) is 19.8 Å². The van der Waals surface area contributed by atoms with Crippen LogP contribution in [0.25, 0.3) is 11.4 Å². The lowest BCUT2D eigenvalue weighted by atomic mass is 10.2. The number of rotatable bonds is 2. The van der Waals surface area contributed by atoms with Crippen molar-refractivity contribution in [3.8, 4) is 11.4 Å². The minimum Gasteiger partial charge on any atom is -0.262 e. The van der Waals surface area contributed by atoms with Crippen molar-refractivity contribution in [2.24, 2.45) is 0 Å². The maximum Gasteiger partial charge on any atom is 0.181 e. The van der Waals surface area contributed by atoms with Crippen LogP contribution in [0.15, 0.2) is 22.7 Å². The summed E-state index contributed by atoms with van der Waals surface area (Å²) in [5, 5.41) is 6.97. The highest BCUT2D eigenvalue weighted by Crippen LogP contribution is 2.23. The van der Waals surface area contributed by atoms with Crippen molar-refractivity contribution in [3.63, 3.8) is 0 Å². The van der Waals surface area contributed by atoms with Crippen molar-refractivity contribution in [3.05, 3.63) is 34.3 Å². The van der Waals surface area contributed by atoms with Gasteiger partial charge < -0.3 is 0 Å². The molecule has 0 radical (unpaired) electrons. The fraction of sp³-hybridized carbons (Fsp3) is 0.273. The first-order valence-electron chi connectivity index (χ1n) is 4.95. The van der Waals surface area contributed by atoms with Crippen LogP contribution in [-0.2, 0) is 0 Å². The van der Waals surface area contributed by atoms with Crippen molar-refractivity contribution in [1.29, 1.82) is 0 Å². The zero-order chi connectivity index (χ0) is 11.7. The number of aromatic nitrogens is 3. The van der Waals surface area contributed by atoms with Crippen LogP contribution in [0.1, 0.15) is 25.6 Å². The predicted octanol–water partition coefficient (Wildman–Crippen LogP) is 3.50. The molecular weight excluding hydrogens is 273 g/mol. The molecule has 0 bridgehead atoms. The van der Waals surface area contributed by atoms with Gasteiger partial charge in [-0.2, -0.15) is 5.10 Å². The zero-order valence-electron chi connectivity index (χ0n) is 8.96. The Bertz CT molecular complexity index is 508. The van der Waals surface area contributed by atoms with E-state index in [1.54, 1.807) is 12.1 Å². The summed E-state index contributed by atoms with van der Waals surface area (Å²) >= 11 is 3.14. The molecule has 0 unspecified atom stereocenters. The van der Waals surface area contributed by atoms with Crippen LogP contribution < -0.4 is 0 Å². The molecule has 0 aliphatic carbocycles. The van der Waals surface area contributed by atoms with Gasteiger partial charge in [-0.15, -0.1) is 0 Å². The number of H-pyrrole nitrogens is 1. The van der Waals surface area contributed by atoms with Crippen molar-refractivity contribution < 1.29 is 4.39 Å². The van der Waals surface area contributed by atoms with Crippen LogP contribution in [0, 0.1) is 5.82 Å². The summed E-state index contributed by atoms with van der Waals surface area (Å²) in [6.45, 7) is 4.07. The Morgan fingerprint density at radius 3 is 2.69 bits per heavy atom. The monoisotopic (exact) mass is 283 g/mol. The van der Waals surface area contributed by atoms with E-state index in [0.29, 0.717) is 16.2 Å². The Kier molecular flexibility index (Phi) is 3.05. The van der Waals surface area contributed by atoms with E-state index in [9.17, 15) is 4.39 Å². The summed E-state index contributed by atoms with van der Waals surface area (Å²) in [5.74, 6) is 1.42. The molecule has 0 saturated carbocycles. The van der Waals surface area contributed by atoms with Gasteiger partial charge in [0.25, 0.3) is 0 Å². The third-order valence-corrected chi connectivity index (χ3v) is 2.84. The number of nitrogens with zero attached hydrogens (tertiary/aromatic N) is 2. The second-order valence-electron chi connectivity index (χ2n) is 3.83. The molecule has 1 N–H and O–H groups in total. The van der Waals surface area contributed by atoms with Crippen LogP contribution in [-0.4, -0.2) is 15.2 Å². The smallest absolute Gasteiger partial charge is 0.181 e. The maximum absolute atomic E-state index is 13.1. The topological polar surface area (TPSA) is 41.6 Å². The fourth-order valence-electron chi connectivity index (χ4n) is 1.30. The van der Waals surface area contributed by atoms with Gasteiger partial charge in [-0.25, -0.2) is 9.37 Å². The molecule has 5 heteroatoms. The molecule has 0 aliphatic rings. The quantitative estimate of drug-likeness (QED) is 0.917. The molecule has 3 nitrogen and oxygen atoms in total. The average molecular weight is 284 g/mol. The summed E-state index contributed by atoms with van der Waals surface area (Å²) in [4.78, 5) is 4.34. The van der Waals surface area contributed by atoms with Crippen LogP contribution in [0.3, 0.4) is 0 Å². The first kappa shape index (κ1) is 11.3. The van der Waals surface area contributed by atoms with Gasteiger partial charge in [0.1, 0.15) is 11.6 Å². The lowest BCUT2D eigenvalue weighted by Gasteiger charge is -1.98. The summed E-state index contributed by atoms with van der Waals surface area (Å²) in [7, 11) is 0. The molecule has 1 heterocycles. The number of benzene rings is 1. The summed E-state index contributed by atoms with van der Waals surface area (Å²) in [5.41, 5.74) is 0.788. The summed E-state index contributed by atoms with van der Waals surface area (Å²) < 4.78 is 13.5. The van der Waals surface area contributed by atoms with E-state index in [1.165, 1.54) is 6.07 Å². The second kappa shape index (κ2) is 4.33. The van der Waals surface area contributed by atoms with Gasteiger partial charge in [-0.3, -0.25) is 5.10 Å². The summed E-state index contributed by atoms with van der Waals surface area (Å²) in [6.07, 6.45) is 0. The molecule has 0 spiro atoms. The van der Waals surface area contributed by atoms with E-state index in [4.69, 9.17) is 0 Å². The largest absolute Gasteiger partial charge is 0.262 e. The highest BCUT2D eigenvalue weighted by atomic mass is 79.9. The molecule has 1 aromatic carbocycles. The number of nitrogens with one attached hydrogen (secondary N) is 1. The number of halogens is 2. The van der Waals surface area contributed by atoms with Crippen molar-refractivity contribution in [1.82, 2.24) is 15.2 Å². The van der Waals surface area contributed by atoms with Crippen LogP contribution in [0.4, 0.5) is 4.39 Å². The zero-order valence-corrected chi connectivity index (χ0v) is 10.5. The molecule has 2 rings (SSSR count). The minimum absolute atomic E-state index is 0.289. The average Bonchev–Trinajstić information content (AvgIpc) is 2.71. The van der Waals surface area contributed by atoms with Gasteiger partial charge in [-0.05, 0) is 34.1 Å². The lowest BCUT2D eigenvalue weighted by Crippen LogP contribution is -1.89. The molecule has 1 aromatic heterocycles. The molecule has 0 amide bonds. The Morgan fingerprint density at radius 2 is 2.12 bits per heavy atom. The molecule has 0 fully saturated rings. The SMILES string of the molecule is CC(C)c1nc(-c2ccc(F)c(Br)c2)n[nH]1. The fourth-order valence-corrected chi connectivity index (χ4v) is 1.68. The van der Waals surface area contributed by atoms with E-state index >= 15 is 0 Å². The maximum atomic E-state index is 13.1. The van der Waals surface area contributed by atoms with E-state index in [1.807, 2.05) is 13.8 Å². The molecule has 0 atom stereocenters. The van der Waals surface area contributed by atoms with Crippen LogP contribution in [0.5, 0.6) is 0 Å². The Hall–Kier alpha value is -1.23. The first-order chi connectivity index (χ1) is 7.58. The third kappa shape index (κ3) is 2.14. The highest BCUT2D eigenvalue weighted by Gasteiger charge is 2.09. The predicted molar refractivity (Wildman–Crippen MR) is 63.6 cm³/mol. The molecule has 0 saturated heterocycles. The summed E-state index contributed by atoms with van der Waals surface area (Å²) in [6, 6.07) is 4.72. The number of hydrogen-bond acceptors (Lipinski definition) is 2. The molecule has 16 heavy (non-hydrogen) atoms. The van der Waals surface area contributed by atoms with Gasteiger partial charge in [0.15, 0.2) is 5.82 Å². The highest BCUT2D eigenvalue weighted by molar-refractivity contribution is 9.10. The standard InChI is InChI=1S/C11H11BrFN3/c1-6(2)10-14-11(16-15-10)7-3-4-9(13)8(12)5-7/h3-6H,1-2H3,(H,14,15,16). The Labute approximate surface area is 101 Å². The minimum atomic E-state index is -0.289. The van der Waals surface area contributed by atoms with E-state index < -0.39 is 0 Å². The normalized spacial score (nSPS) is 11.1. The van der Waals surface area contributed by atoms with E-state index in [0.717, 1.165) is 11.4 Å². The van der Waals surface area contributed by atoms with Crippen LogP contribution >= 0.6 is 15.9 Å². The molecular formula is C11H11BrFN3. The van der Waals surface area contributed by atoms with E-state index in [2.05, 4.69) is 31.1 Å². The van der Waals surface area contributed by atoms with E-state index in [-0.39, 0.29) is 5.82 Å². The van der Waals surface area contributed by atoms with Gasteiger partial charge in [0.05, 0.1) is 4.47 Å². The number of hydrogen-bond donors (Lipinski definition) is 1. The lowest BCUT2D eigenvalue weighted by molar-refractivity contribution is 0.621. The van der Waals surface area contributed by atoms with Gasteiger partial charge in [0.2, 0.25) is 0 Å². The number of aromatic amines is 1. The Balaban J connectivity index is 2.39. The van der Waals surface area contributed by atoms with Crippen molar-refractivity contribution >= 4 is 15.9 Å². The third-order valence-electron chi connectivity index (χ3n) is 2.23. The van der Waals surface area contributed by atoms with Gasteiger partial charge in [-0.1, -0.05) is 13.8 Å². The van der Waals surface area contributed by atoms with Gasteiger partial charge >= 0.3 is 0 Å². The Morgan fingerprint density at radius 1 is 1.38 bits per heavy atom.